The summed E-state index contributed by atoms with van der Waals surface area (Å²) >= 11 is 1.61. The second-order valence-electron chi connectivity index (χ2n) is 4.82. The molecule has 5 heteroatoms. The van der Waals surface area contributed by atoms with Crippen LogP contribution in [0.3, 0.4) is 0 Å². The maximum atomic E-state index is 4.98. The Balaban J connectivity index is 2.39. The third kappa shape index (κ3) is 6.61. The second-order valence-corrected chi connectivity index (χ2v) is 5.88. The van der Waals surface area contributed by atoms with Gasteiger partial charge in [-0.2, -0.15) is 0 Å². The summed E-state index contributed by atoms with van der Waals surface area (Å²) < 4.78 is 4.98. The molecule has 1 aromatic rings. The van der Waals surface area contributed by atoms with Gasteiger partial charge in [-0.1, -0.05) is 11.8 Å². The van der Waals surface area contributed by atoms with Gasteiger partial charge >= 0.3 is 0 Å². The first-order valence-corrected chi connectivity index (χ1v) is 6.67. The van der Waals surface area contributed by atoms with Crippen LogP contribution in [-0.2, 0) is 11.3 Å². The van der Waals surface area contributed by atoms with Crippen LogP contribution in [0.4, 0.5) is 0 Å². The normalized spacial score (nSPS) is 11.8. The van der Waals surface area contributed by atoms with Crippen molar-refractivity contribution in [2.45, 2.75) is 38.0 Å². The van der Waals surface area contributed by atoms with Crippen LogP contribution in [-0.4, -0.2) is 35.0 Å². The minimum absolute atomic E-state index is 0.117. The summed E-state index contributed by atoms with van der Waals surface area (Å²) in [5, 5.41) is 4.21. The molecule has 17 heavy (non-hydrogen) atoms. The predicted molar refractivity (Wildman–Crippen MR) is 71.2 cm³/mol. The van der Waals surface area contributed by atoms with Gasteiger partial charge in [0.2, 0.25) is 0 Å². The standard InChI is InChI=1S/C12H21N3OS/c1-12(2,3)15-9-10-7-13-11(14-8-10)17-6-5-16-4/h7-8,15H,5-6,9H2,1-4H3. The number of nitrogens with zero attached hydrogens (tertiary/aromatic N) is 2. The van der Waals surface area contributed by atoms with E-state index in [1.165, 1.54) is 0 Å². The zero-order valence-electron chi connectivity index (χ0n) is 11.0. The summed E-state index contributed by atoms with van der Waals surface area (Å²) in [5.74, 6) is 0.885. The van der Waals surface area contributed by atoms with Gasteiger partial charge in [0.25, 0.3) is 0 Å². The Kier molecular flexibility index (Phi) is 5.88. The third-order valence-corrected chi connectivity index (χ3v) is 2.86. The first-order chi connectivity index (χ1) is 8.01. The maximum absolute atomic E-state index is 4.98. The van der Waals surface area contributed by atoms with E-state index in [1.807, 2.05) is 12.4 Å². The zero-order chi connectivity index (χ0) is 12.7. The van der Waals surface area contributed by atoms with Gasteiger partial charge in [0.1, 0.15) is 0 Å². The third-order valence-electron chi connectivity index (χ3n) is 2.02. The molecule has 0 aliphatic carbocycles. The fourth-order valence-corrected chi connectivity index (χ4v) is 1.78. The van der Waals surface area contributed by atoms with Crippen molar-refractivity contribution in [2.75, 3.05) is 19.5 Å². The van der Waals surface area contributed by atoms with Crippen molar-refractivity contribution in [1.29, 1.82) is 0 Å². The molecule has 0 aliphatic rings. The van der Waals surface area contributed by atoms with Crippen LogP contribution in [0.1, 0.15) is 26.3 Å². The average Bonchev–Trinajstić information content (AvgIpc) is 2.27. The molecule has 0 fully saturated rings. The van der Waals surface area contributed by atoms with Gasteiger partial charge in [0, 0.05) is 42.9 Å². The van der Waals surface area contributed by atoms with E-state index in [1.54, 1.807) is 18.9 Å². The summed E-state index contributed by atoms with van der Waals surface area (Å²) in [6.07, 6.45) is 3.75. The van der Waals surface area contributed by atoms with Gasteiger partial charge in [-0.15, -0.1) is 0 Å². The van der Waals surface area contributed by atoms with Gasteiger partial charge in [0.15, 0.2) is 5.16 Å². The van der Waals surface area contributed by atoms with Crippen molar-refractivity contribution in [1.82, 2.24) is 15.3 Å². The lowest BCUT2D eigenvalue weighted by Crippen LogP contribution is -2.35. The number of thioether (sulfide) groups is 1. The zero-order valence-corrected chi connectivity index (χ0v) is 11.8. The van der Waals surface area contributed by atoms with Crippen LogP contribution < -0.4 is 5.32 Å². The summed E-state index contributed by atoms with van der Waals surface area (Å²) in [6.45, 7) is 7.95. The Bertz CT molecular complexity index is 322. The van der Waals surface area contributed by atoms with E-state index in [0.29, 0.717) is 0 Å². The van der Waals surface area contributed by atoms with E-state index in [-0.39, 0.29) is 5.54 Å². The van der Waals surface area contributed by atoms with E-state index in [2.05, 4.69) is 36.1 Å². The van der Waals surface area contributed by atoms with E-state index < -0.39 is 0 Å². The predicted octanol–water partition coefficient (Wildman–Crippen LogP) is 2.10. The number of hydrogen-bond acceptors (Lipinski definition) is 5. The average molecular weight is 255 g/mol. The molecule has 0 spiro atoms. The Morgan fingerprint density at radius 1 is 1.29 bits per heavy atom. The lowest BCUT2D eigenvalue weighted by molar-refractivity contribution is 0.218. The molecule has 96 valence electrons. The van der Waals surface area contributed by atoms with Gasteiger partial charge in [-0.3, -0.25) is 0 Å². The summed E-state index contributed by atoms with van der Waals surface area (Å²) in [6, 6.07) is 0. The molecule has 0 unspecified atom stereocenters. The molecular weight excluding hydrogens is 234 g/mol. The quantitative estimate of drug-likeness (QED) is 0.479. The van der Waals surface area contributed by atoms with Gasteiger partial charge in [-0.05, 0) is 20.8 Å². The molecule has 0 saturated heterocycles. The molecular formula is C12H21N3OS. The number of hydrogen-bond donors (Lipinski definition) is 1. The molecule has 0 aromatic carbocycles. The second kappa shape index (κ2) is 6.93. The van der Waals surface area contributed by atoms with Crippen LogP contribution >= 0.6 is 11.8 Å². The Morgan fingerprint density at radius 2 is 1.94 bits per heavy atom. The van der Waals surface area contributed by atoms with E-state index in [9.17, 15) is 0 Å². The minimum Gasteiger partial charge on any atom is -0.384 e. The molecule has 1 N–H and O–H groups in total. The van der Waals surface area contributed by atoms with Crippen molar-refractivity contribution < 1.29 is 4.74 Å². The van der Waals surface area contributed by atoms with Gasteiger partial charge in [-0.25, -0.2) is 9.97 Å². The van der Waals surface area contributed by atoms with E-state index in [4.69, 9.17) is 4.74 Å². The molecule has 0 bridgehead atoms. The van der Waals surface area contributed by atoms with Gasteiger partial charge < -0.3 is 10.1 Å². The number of aromatic nitrogens is 2. The fourth-order valence-electron chi connectivity index (χ4n) is 1.09. The highest BCUT2D eigenvalue weighted by atomic mass is 32.2. The van der Waals surface area contributed by atoms with Crippen molar-refractivity contribution in [2.24, 2.45) is 0 Å². The van der Waals surface area contributed by atoms with Crippen LogP contribution in [0, 0.1) is 0 Å². The highest BCUT2D eigenvalue weighted by Gasteiger charge is 2.08. The summed E-state index contributed by atoms with van der Waals surface area (Å²) in [4.78, 5) is 8.61. The molecule has 1 aromatic heterocycles. The Hall–Kier alpha value is -0.650. The SMILES string of the molecule is COCCSc1ncc(CNC(C)(C)C)cn1. The molecule has 1 rings (SSSR count). The molecule has 4 nitrogen and oxygen atoms in total. The van der Waals surface area contributed by atoms with E-state index in [0.717, 1.165) is 29.6 Å². The first kappa shape index (κ1) is 14.4. The lowest BCUT2D eigenvalue weighted by Gasteiger charge is -2.20. The molecule has 0 aliphatic heterocycles. The largest absolute Gasteiger partial charge is 0.384 e. The Labute approximate surface area is 108 Å². The van der Waals surface area contributed by atoms with Crippen LogP contribution in [0.2, 0.25) is 0 Å². The summed E-state index contributed by atoms with van der Waals surface area (Å²) in [7, 11) is 1.70. The first-order valence-electron chi connectivity index (χ1n) is 5.69. The number of rotatable bonds is 6. The summed E-state index contributed by atoms with van der Waals surface area (Å²) in [5.41, 5.74) is 1.22. The maximum Gasteiger partial charge on any atom is 0.187 e. The van der Waals surface area contributed by atoms with Gasteiger partial charge in [0.05, 0.1) is 6.61 Å². The van der Waals surface area contributed by atoms with Crippen molar-refractivity contribution in [3.05, 3.63) is 18.0 Å². The molecule has 0 saturated carbocycles. The van der Waals surface area contributed by atoms with Crippen molar-refractivity contribution in [3.63, 3.8) is 0 Å². The Morgan fingerprint density at radius 3 is 2.47 bits per heavy atom. The molecule has 0 radical (unpaired) electrons. The number of ether oxygens (including phenoxy) is 1. The topological polar surface area (TPSA) is 47.0 Å². The highest BCUT2D eigenvalue weighted by Crippen LogP contribution is 2.11. The molecule has 1 heterocycles. The van der Waals surface area contributed by atoms with E-state index >= 15 is 0 Å². The van der Waals surface area contributed by atoms with Crippen molar-refractivity contribution >= 4 is 11.8 Å². The minimum atomic E-state index is 0.117. The van der Waals surface area contributed by atoms with Crippen molar-refractivity contribution in [3.8, 4) is 0 Å². The smallest absolute Gasteiger partial charge is 0.187 e. The van der Waals surface area contributed by atoms with Crippen LogP contribution in [0.25, 0.3) is 0 Å². The lowest BCUT2D eigenvalue weighted by atomic mass is 10.1. The number of nitrogens with one attached hydrogen (secondary N) is 1. The number of methoxy groups -OCH3 is 1. The van der Waals surface area contributed by atoms with Crippen LogP contribution in [0.15, 0.2) is 17.6 Å². The molecule has 0 atom stereocenters. The van der Waals surface area contributed by atoms with Crippen LogP contribution in [0.5, 0.6) is 0 Å². The molecule has 0 amide bonds. The highest BCUT2D eigenvalue weighted by molar-refractivity contribution is 7.99. The monoisotopic (exact) mass is 255 g/mol. The fraction of sp³-hybridized carbons (Fsp3) is 0.667.